The molecule has 0 bridgehead atoms. The van der Waals surface area contributed by atoms with Crippen molar-refractivity contribution in [1.29, 1.82) is 0 Å². The van der Waals surface area contributed by atoms with Crippen molar-refractivity contribution in [2.24, 2.45) is 0 Å². The van der Waals surface area contributed by atoms with Gasteiger partial charge in [0.25, 0.3) is 0 Å². The second-order valence-corrected chi connectivity index (χ2v) is 2.11. The molecule has 20 heavy (non-hydrogen) atoms. The van der Waals surface area contributed by atoms with Gasteiger partial charge >= 0.3 is 21.7 Å². The molecule has 0 spiro atoms. The zero-order chi connectivity index (χ0) is 10.6. The molecule has 3 rings (SSSR count). The maximum Gasteiger partial charge on any atom is 3.00 e. The van der Waals surface area contributed by atoms with Gasteiger partial charge in [0.1, 0.15) is 0 Å². The zero-order valence-electron chi connectivity index (χ0n) is 9.44. The molecule has 111 valence electrons. The van der Waals surface area contributed by atoms with E-state index in [4.69, 9.17) is 0 Å². The van der Waals surface area contributed by atoms with E-state index >= 15 is 0 Å². The van der Waals surface area contributed by atoms with Gasteiger partial charge in [0.15, 0.2) is 0 Å². The van der Waals surface area contributed by atoms with Crippen LogP contribution in [-0.4, -0.2) is 30.6 Å². The first-order valence-corrected chi connectivity index (χ1v) is 4.07. The van der Waals surface area contributed by atoms with Crippen molar-refractivity contribution in [3.8, 4) is 0 Å². The van der Waals surface area contributed by atoms with E-state index in [0.29, 0.717) is 0 Å². The fourth-order valence-electron chi connectivity index (χ4n) is 0.559. The molecule has 0 aromatic carbocycles. The van der Waals surface area contributed by atoms with E-state index in [1.807, 2.05) is 0 Å². The SMILES string of the molecule is C.[Cl-].[Cl-].[Cl-].[Ti+3].[c-]1cc[nH]n1.[c-]1cc[nH]n1.[c-]1cc[nH]n1. The molecule has 1 radical (unpaired) electrons. The van der Waals surface area contributed by atoms with Crippen molar-refractivity contribution in [2.75, 3.05) is 0 Å². The van der Waals surface area contributed by atoms with Crippen LogP contribution >= 0.6 is 0 Å². The van der Waals surface area contributed by atoms with E-state index in [2.05, 4.69) is 49.2 Å². The van der Waals surface area contributed by atoms with Crippen LogP contribution in [0.5, 0.6) is 0 Å². The number of nitrogens with zero attached hydrogens (tertiary/aromatic N) is 3. The molecule has 3 N–H and O–H groups in total. The predicted octanol–water partition coefficient (Wildman–Crippen LogP) is -7.72. The molecule has 6 nitrogen and oxygen atoms in total. The number of rotatable bonds is 0. The van der Waals surface area contributed by atoms with Crippen molar-refractivity contribution in [2.45, 2.75) is 7.43 Å². The summed E-state index contributed by atoms with van der Waals surface area (Å²) in [5.41, 5.74) is 0. The minimum absolute atomic E-state index is 0. The Morgan fingerprint density at radius 2 is 0.850 bits per heavy atom. The molecule has 0 aliphatic carbocycles. The Hall–Kier alpha value is -0.786. The van der Waals surface area contributed by atoms with Gasteiger partial charge in [-0.3, -0.25) is 0 Å². The smallest absolute Gasteiger partial charge is 1.00 e. The number of nitrogens with one attached hydrogen (secondary N) is 3. The molecule has 10 heteroatoms. The number of H-pyrrole nitrogens is 3. The van der Waals surface area contributed by atoms with Crippen LogP contribution in [0, 0.1) is 18.6 Å². The summed E-state index contributed by atoms with van der Waals surface area (Å²) in [6, 6.07) is 5.12. The molecule has 0 amide bonds. The van der Waals surface area contributed by atoms with Gasteiger partial charge in [0.2, 0.25) is 0 Å². The third kappa shape index (κ3) is 22.4. The molecule has 0 aliphatic rings. The molecule has 0 unspecified atom stereocenters. The second kappa shape index (κ2) is 26.7. The zero-order valence-corrected chi connectivity index (χ0v) is 13.3. The summed E-state index contributed by atoms with van der Waals surface area (Å²) < 4.78 is 0. The van der Waals surface area contributed by atoms with E-state index in [-0.39, 0.29) is 66.4 Å². The van der Waals surface area contributed by atoms with Gasteiger partial charge < -0.3 is 67.8 Å². The van der Waals surface area contributed by atoms with Crippen LogP contribution in [0.2, 0.25) is 0 Å². The second-order valence-electron chi connectivity index (χ2n) is 2.11. The van der Waals surface area contributed by atoms with Crippen molar-refractivity contribution < 1.29 is 58.9 Å². The Labute approximate surface area is 152 Å². The van der Waals surface area contributed by atoms with Crippen LogP contribution in [0.4, 0.5) is 0 Å². The molecular weight excluding hydrogens is 358 g/mol. The molecule has 0 atom stereocenters. The summed E-state index contributed by atoms with van der Waals surface area (Å²) in [6.45, 7) is 0. The quantitative estimate of drug-likeness (QED) is 0.271. The van der Waals surface area contributed by atoms with Crippen LogP contribution < -0.4 is 37.2 Å². The van der Waals surface area contributed by atoms with Crippen LogP contribution in [0.1, 0.15) is 7.43 Å². The minimum atomic E-state index is 0. The predicted molar refractivity (Wildman–Crippen MR) is 59.0 cm³/mol. The van der Waals surface area contributed by atoms with E-state index in [0.717, 1.165) is 0 Å². The number of halogens is 3. The van der Waals surface area contributed by atoms with Crippen molar-refractivity contribution in [1.82, 2.24) is 30.6 Å². The maximum absolute atomic E-state index is 3.47. The first-order valence-electron chi connectivity index (χ1n) is 4.07. The Bertz CT molecular complexity index is 265. The summed E-state index contributed by atoms with van der Waals surface area (Å²) in [6.07, 6.45) is 12.8. The number of hydrogen-bond donors (Lipinski definition) is 3. The average Bonchev–Trinajstić information content (AvgIpc) is 3.09. The van der Waals surface area contributed by atoms with Gasteiger partial charge in [0, 0.05) is 0 Å². The molecule has 0 aliphatic heterocycles. The monoisotopic (exact) mass is 370 g/mol. The average molecular weight is 371 g/mol. The summed E-state index contributed by atoms with van der Waals surface area (Å²) in [4.78, 5) is 0. The van der Waals surface area contributed by atoms with E-state index < -0.39 is 0 Å². The molecule has 0 fully saturated rings. The fourth-order valence-corrected chi connectivity index (χ4v) is 0.559. The Morgan fingerprint density at radius 3 is 0.900 bits per heavy atom. The molecule has 0 saturated heterocycles. The third-order valence-electron chi connectivity index (χ3n) is 1.08. The van der Waals surface area contributed by atoms with Gasteiger partial charge in [-0.15, -0.1) is 37.2 Å². The van der Waals surface area contributed by atoms with Crippen LogP contribution in [-0.2, 0) is 21.7 Å². The van der Waals surface area contributed by atoms with Gasteiger partial charge in [-0.05, 0) is 0 Å². The van der Waals surface area contributed by atoms with Crippen molar-refractivity contribution in [3.63, 3.8) is 0 Å². The first-order chi connectivity index (χ1) is 7.50. The van der Waals surface area contributed by atoms with Gasteiger partial charge in [-0.1, -0.05) is 7.43 Å². The molecular formula is C10H13Cl3N6Ti-3. The summed E-state index contributed by atoms with van der Waals surface area (Å²) in [5.74, 6) is 0. The van der Waals surface area contributed by atoms with Crippen molar-refractivity contribution in [3.05, 3.63) is 55.4 Å². The number of aromatic nitrogens is 6. The normalized spacial score (nSPS) is 6.00. The van der Waals surface area contributed by atoms with Crippen LogP contribution in [0.25, 0.3) is 0 Å². The molecule has 3 aromatic heterocycles. The molecule has 0 saturated carbocycles. The summed E-state index contributed by atoms with van der Waals surface area (Å²) >= 11 is 0. The Balaban J connectivity index is -0.0000000500. The standard InChI is InChI=1S/3C3H3N2.CH4.3ClH.Ti/c3*1-2-4-5-3-1;;;;;/h3*1-2H,(H,4,5);1H4;3*1H;/q3*-1;;;;;+3/p-3. The first kappa shape index (κ1) is 31.5. The largest absolute Gasteiger partial charge is 3.00 e. The minimum Gasteiger partial charge on any atom is -1.00 e. The Kier molecular flexibility index (Phi) is 42.1. The summed E-state index contributed by atoms with van der Waals surface area (Å²) in [7, 11) is 0. The van der Waals surface area contributed by atoms with E-state index in [1.54, 1.807) is 36.8 Å². The third-order valence-corrected chi connectivity index (χ3v) is 1.08. The molecule has 3 aromatic rings. The molecule has 3 heterocycles. The summed E-state index contributed by atoms with van der Waals surface area (Å²) in [5, 5.41) is 18.1. The van der Waals surface area contributed by atoms with Gasteiger partial charge in [-0.25, -0.2) is 0 Å². The van der Waals surface area contributed by atoms with Gasteiger partial charge in [-0.2, -0.15) is 18.2 Å². The number of aromatic amines is 3. The van der Waals surface area contributed by atoms with Gasteiger partial charge in [0.05, 0.1) is 0 Å². The van der Waals surface area contributed by atoms with Crippen LogP contribution in [0.3, 0.4) is 0 Å². The van der Waals surface area contributed by atoms with Crippen molar-refractivity contribution >= 4 is 0 Å². The Morgan fingerprint density at radius 1 is 0.600 bits per heavy atom. The number of hydrogen-bond acceptors (Lipinski definition) is 3. The fraction of sp³-hybridized carbons (Fsp3) is 0.100. The topological polar surface area (TPSA) is 86.0 Å². The van der Waals surface area contributed by atoms with Crippen LogP contribution in [0.15, 0.2) is 36.8 Å². The maximum atomic E-state index is 3.47. The van der Waals surface area contributed by atoms with E-state index in [9.17, 15) is 0 Å². The van der Waals surface area contributed by atoms with E-state index in [1.165, 1.54) is 0 Å².